The van der Waals surface area contributed by atoms with E-state index in [1.54, 1.807) is 6.92 Å². The van der Waals surface area contributed by atoms with Gasteiger partial charge in [0.1, 0.15) is 6.17 Å². The Hall–Kier alpha value is -0.890. The number of halogens is 1. The highest BCUT2D eigenvalue weighted by atomic mass is 19.1. The van der Waals surface area contributed by atoms with Crippen LogP contribution in [0.2, 0.25) is 0 Å². The Morgan fingerprint density at radius 3 is 2.71 bits per heavy atom. The largest absolute Gasteiger partial charge is 0.330 e. The van der Waals surface area contributed by atoms with Crippen molar-refractivity contribution < 1.29 is 4.39 Å². The van der Waals surface area contributed by atoms with Crippen LogP contribution in [0, 0.1) is 0 Å². The predicted octanol–water partition coefficient (Wildman–Crippen LogP) is 2.71. The van der Waals surface area contributed by atoms with E-state index < -0.39 is 6.17 Å². The Morgan fingerprint density at radius 2 is 2.21 bits per heavy atom. The van der Waals surface area contributed by atoms with Gasteiger partial charge in [0.25, 0.3) is 0 Å². The molecular formula is C12H16FN. The van der Waals surface area contributed by atoms with Gasteiger partial charge in [-0.15, -0.1) is 0 Å². The molecule has 1 saturated carbocycles. The molecule has 2 heteroatoms. The van der Waals surface area contributed by atoms with Gasteiger partial charge in [-0.1, -0.05) is 24.3 Å². The molecule has 1 atom stereocenters. The fourth-order valence-electron chi connectivity index (χ4n) is 1.88. The van der Waals surface area contributed by atoms with Crippen LogP contribution in [-0.4, -0.2) is 6.54 Å². The third-order valence-electron chi connectivity index (χ3n) is 3.20. The molecule has 1 aromatic carbocycles. The second-order valence-electron chi connectivity index (χ2n) is 4.23. The fourth-order valence-corrected chi connectivity index (χ4v) is 1.88. The van der Waals surface area contributed by atoms with Crippen molar-refractivity contribution in [3.63, 3.8) is 0 Å². The van der Waals surface area contributed by atoms with E-state index in [-0.39, 0.29) is 5.41 Å². The summed E-state index contributed by atoms with van der Waals surface area (Å²) >= 11 is 0. The molecule has 0 bridgehead atoms. The Kier molecular flexibility index (Phi) is 2.31. The molecule has 1 fully saturated rings. The fraction of sp³-hybridized carbons (Fsp3) is 0.500. The zero-order valence-electron chi connectivity index (χ0n) is 8.46. The number of hydrogen-bond donors (Lipinski definition) is 1. The zero-order chi connectivity index (χ0) is 10.2. The maximum Gasteiger partial charge on any atom is 0.122 e. The van der Waals surface area contributed by atoms with Crippen molar-refractivity contribution >= 4 is 0 Å². The van der Waals surface area contributed by atoms with Crippen LogP contribution in [0.15, 0.2) is 24.3 Å². The van der Waals surface area contributed by atoms with Crippen LogP contribution >= 0.6 is 0 Å². The SMILES string of the molecule is CC(F)c1cccc(C2(CN)CC2)c1. The van der Waals surface area contributed by atoms with Crippen molar-refractivity contribution in [2.45, 2.75) is 31.4 Å². The van der Waals surface area contributed by atoms with Crippen LogP contribution < -0.4 is 5.73 Å². The Morgan fingerprint density at radius 1 is 1.50 bits per heavy atom. The minimum atomic E-state index is -0.886. The Balaban J connectivity index is 2.31. The van der Waals surface area contributed by atoms with E-state index in [2.05, 4.69) is 6.07 Å². The van der Waals surface area contributed by atoms with Crippen molar-refractivity contribution in [3.05, 3.63) is 35.4 Å². The lowest BCUT2D eigenvalue weighted by Crippen LogP contribution is -2.19. The molecule has 2 N–H and O–H groups in total. The van der Waals surface area contributed by atoms with Gasteiger partial charge in [-0.25, -0.2) is 4.39 Å². The van der Waals surface area contributed by atoms with E-state index in [1.807, 2.05) is 18.2 Å². The molecule has 0 saturated heterocycles. The summed E-state index contributed by atoms with van der Waals surface area (Å²) in [4.78, 5) is 0. The molecule has 0 spiro atoms. The van der Waals surface area contributed by atoms with Gasteiger partial charge in [0.2, 0.25) is 0 Å². The van der Waals surface area contributed by atoms with Gasteiger partial charge < -0.3 is 5.73 Å². The number of benzene rings is 1. The first kappa shape index (κ1) is 9.66. The maximum atomic E-state index is 13.1. The van der Waals surface area contributed by atoms with Gasteiger partial charge in [-0.3, -0.25) is 0 Å². The van der Waals surface area contributed by atoms with Crippen molar-refractivity contribution in [1.29, 1.82) is 0 Å². The summed E-state index contributed by atoms with van der Waals surface area (Å²) in [6.07, 6.45) is 1.41. The molecule has 2 rings (SSSR count). The number of rotatable bonds is 3. The highest BCUT2D eigenvalue weighted by Gasteiger charge is 2.42. The highest BCUT2D eigenvalue weighted by Crippen LogP contribution is 2.47. The van der Waals surface area contributed by atoms with Crippen LogP contribution in [0.4, 0.5) is 4.39 Å². The van der Waals surface area contributed by atoms with Crippen LogP contribution in [0.3, 0.4) is 0 Å². The topological polar surface area (TPSA) is 26.0 Å². The lowest BCUT2D eigenvalue weighted by Gasteiger charge is -2.14. The summed E-state index contributed by atoms with van der Waals surface area (Å²) in [5.74, 6) is 0. The molecule has 14 heavy (non-hydrogen) atoms. The van der Waals surface area contributed by atoms with E-state index >= 15 is 0 Å². The number of nitrogens with two attached hydrogens (primary N) is 1. The minimum absolute atomic E-state index is 0.172. The molecular weight excluding hydrogens is 177 g/mol. The van der Waals surface area contributed by atoms with Crippen molar-refractivity contribution in [2.75, 3.05) is 6.54 Å². The predicted molar refractivity (Wildman–Crippen MR) is 55.9 cm³/mol. The molecule has 1 nitrogen and oxygen atoms in total. The van der Waals surface area contributed by atoms with Crippen molar-refractivity contribution in [3.8, 4) is 0 Å². The summed E-state index contributed by atoms with van der Waals surface area (Å²) in [7, 11) is 0. The summed E-state index contributed by atoms with van der Waals surface area (Å²) in [5.41, 5.74) is 7.88. The standard InChI is InChI=1S/C12H16FN/c1-9(13)10-3-2-4-11(7-10)12(8-14)5-6-12/h2-4,7,9H,5-6,8,14H2,1H3. The first-order valence-corrected chi connectivity index (χ1v) is 5.12. The van der Waals surface area contributed by atoms with Crippen LogP contribution in [0.5, 0.6) is 0 Å². The monoisotopic (exact) mass is 193 g/mol. The second-order valence-corrected chi connectivity index (χ2v) is 4.23. The molecule has 0 aliphatic heterocycles. The average molecular weight is 193 g/mol. The molecule has 1 aliphatic rings. The minimum Gasteiger partial charge on any atom is -0.330 e. The van der Waals surface area contributed by atoms with Crippen LogP contribution in [0.1, 0.15) is 37.1 Å². The summed E-state index contributed by atoms with van der Waals surface area (Å²) in [6, 6.07) is 7.79. The average Bonchev–Trinajstić information content (AvgIpc) is 2.98. The maximum absolute atomic E-state index is 13.1. The van der Waals surface area contributed by atoms with E-state index in [1.165, 1.54) is 5.56 Å². The molecule has 1 unspecified atom stereocenters. The Labute approximate surface area is 84.1 Å². The first-order valence-electron chi connectivity index (χ1n) is 5.12. The number of alkyl halides is 1. The van der Waals surface area contributed by atoms with Gasteiger partial charge in [-0.05, 0) is 30.9 Å². The first-order chi connectivity index (χ1) is 6.68. The van der Waals surface area contributed by atoms with Crippen LogP contribution in [-0.2, 0) is 5.41 Å². The van der Waals surface area contributed by atoms with E-state index in [4.69, 9.17) is 5.73 Å². The third kappa shape index (κ3) is 1.55. The molecule has 1 aliphatic carbocycles. The number of hydrogen-bond acceptors (Lipinski definition) is 1. The lowest BCUT2D eigenvalue weighted by atomic mass is 9.94. The summed E-state index contributed by atoms with van der Waals surface area (Å²) < 4.78 is 13.1. The molecule has 0 aromatic heterocycles. The van der Waals surface area contributed by atoms with E-state index in [9.17, 15) is 4.39 Å². The lowest BCUT2D eigenvalue weighted by molar-refractivity contribution is 0.374. The van der Waals surface area contributed by atoms with E-state index in [0.29, 0.717) is 6.54 Å². The highest BCUT2D eigenvalue weighted by molar-refractivity contribution is 5.35. The molecule has 0 radical (unpaired) electrons. The van der Waals surface area contributed by atoms with E-state index in [0.717, 1.165) is 18.4 Å². The summed E-state index contributed by atoms with van der Waals surface area (Å²) in [6.45, 7) is 2.25. The van der Waals surface area contributed by atoms with Gasteiger partial charge in [0.15, 0.2) is 0 Å². The smallest absolute Gasteiger partial charge is 0.122 e. The zero-order valence-corrected chi connectivity index (χ0v) is 8.46. The van der Waals surface area contributed by atoms with Gasteiger partial charge >= 0.3 is 0 Å². The van der Waals surface area contributed by atoms with Gasteiger partial charge in [-0.2, -0.15) is 0 Å². The van der Waals surface area contributed by atoms with Gasteiger partial charge in [0, 0.05) is 12.0 Å². The summed E-state index contributed by atoms with van der Waals surface area (Å²) in [5, 5.41) is 0. The third-order valence-corrected chi connectivity index (χ3v) is 3.20. The van der Waals surface area contributed by atoms with Crippen LogP contribution in [0.25, 0.3) is 0 Å². The molecule has 76 valence electrons. The van der Waals surface area contributed by atoms with Crippen molar-refractivity contribution in [2.24, 2.45) is 5.73 Å². The second kappa shape index (κ2) is 3.35. The Bertz CT molecular complexity index is 329. The molecule has 0 amide bonds. The normalized spacial score (nSPS) is 20.5. The quantitative estimate of drug-likeness (QED) is 0.784. The van der Waals surface area contributed by atoms with Gasteiger partial charge in [0.05, 0.1) is 0 Å². The molecule has 0 heterocycles. The van der Waals surface area contributed by atoms with Crippen molar-refractivity contribution in [1.82, 2.24) is 0 Å². The molecule has 1 aromatic rings.